The number of nitrogens with zero attached hydrogens (tertiary/aromatic N) is 2. The van der Waals surface area contributed by atoms with Crippen LogP contribution in [0.3, 0.4) is 0 Å². The Balaban J connectivity index is 1.68. The van der Waals surface area contributed by atoms with Crippen molar-refractivity contribution in [1.29, 1.82) is 0 Å². The van der Waals surface area contributed by atoms with Crippen LogP contribution in [0.5, 0.6) is 17.2 Å². The van der Waals surface area contributed by atoms with Gasteiger partial charge in [0.25, 0.3) is 0 Å². The maximum atomic E-state index is 5.65. The number of hydrogen-bond donors (Lipinski definition) is 0. The first kappa shape index (κ1) is 20.4. The molecule has 0 spiro atoms. The molecule has 158 valence electrons. The van der Waals surface area contributed by atoms with Gasteiger partial charge in [0.05, 0.1) is 26.9 Å². The Hall–Kier alpha value is -2.92. The number of fused-ring (bicyclic) bond motifs is 1. The Morgan fingerprint density at radius 2 is 1.73 bits per heavy atom. The second kappa shape index (κ2) is 9.26. The Labute approximate surface area is 178 Å². The molecular formula is C25H30N2O3. The second-order valence-corrected chi connectivity index (χ2v) is 7.54. The van der Waals surface area contributed by atoms with E-state index < -0.39 is 0 Å². The highest BCUT2D eigenvalue weighted by Crippen LogP contribution is 2.35. The van der Waals surface area contributed by atoms with Crippen LogP contribution in [-0.2, 0) is 13.1 Å². The molecular weight excluding hydrogens is 376 g/mol. The molecule has 30 heavy (non-hydrogen) atoms. The van der Waals surface area contributed by atoms with Gasteiger partial charge in [-0.15, -0.1) is 0 Å². The van der Waals surface area contributed by atoms with Crippen molar-refractivity contribution in [2.75, 3.05) is 27.4 Å². The molecule has 3 aromatic rings. The van der Waals surface area contributed by atoms with E-state index >= 15 is 0 Å². The van der Waals surface area contributed by atoms with E-state index in [-0.39, 0.29) is 6.04 Å². The first-order valence-corrected chi connectivity index (χ1v) is 10.6. The lowest BCUT2D eigenvalue weighted by molar-refractivity contribution is 0.220. The van der Waals surface area contributed by atoms with E-state index in [0.717, 1.165) is 43.3 Å². The topological polar surface area (TPSA) is 35.9 Å². The second-order valence-electron chi connectivity index (χ2n) is 7.54. The van der Waals surface area contributed by atoms with E-state index in [4.69, 9.17) is 14.2 Å². The van der Waals surface area contributed by atoms with Crippen LogP contribution in [0.25, 0.3) is 0 Å². The van der Waals surface area contributed by atoms with E-state index in [9.17, 15) is 0 Å². The van der Waals surface area contributed by atoms with Gasteiger partial charge in [0.15, 0.2) is 11.5 Å². The Morgan fingerprint density at radius 1 is 0.933 bits per heavy atom. The van der Waals surface area contributed by atoms with Gasteiger partial charge < -0.3 is 18.8 Å². The van der Waals surface area contributed by atoms with Crippen LogP contribution >= 0.6 is 0 Å². The molecule has 1 aliphatic rings. The first-order chi connectivity index (χ1) is 14.7. The normalized spacial score (nSPS) is 16.6. The third kappa shape index (κ3) is 4.17. The summed E-state index contributed by atoms with van der Waals surface area (Å²) in [4.78, 5) is 2.55. The minimum Gasteiger partial charge on any atom is -0.494 e. The first-order valence-electron chi connectivity index (χ1n) is 10.6. The third-order valence-corrected chi connectivity index (χ3v) is 5.69. The summed E-state index contributed by atoms with van der Waals surface area (Å²) in [6.07, 6.45) is 3.30. The smallest absolute Gasteiger partial charge is 0.161 e. The highest BCUT2D eigenvalue weighted by Gasteiger charge is 2.27. The molecule has 2 heterocycles. The van der Waals surface area contributed by atoms with E-state index in [1.165, 1.54) is 16.8 Å². The van der Waals surface area contributed by atoms with Crippen LogP contribution in [0.1, 0.15) is 36.2 Å². The highest BCUT2D eigenvalue weighted by atomic mass is 16.5. The van der Waals surface area contributed by atoms with Gasteiger partial charge in [-0.1, -0.05) is 18.2 Å². The predicted octanol–water partition coefficient (Wildman–Crippen LogP) is 4.90. The van der Waals surface area contributed by atoms with E-state index in [1.807, 2.05) is 13.0 Å². The summed E-state index contributed by atoms with van der Waals surface area (Å²) in [7, 11) is 3.35. The van der Waals surface area contributed by atoms with Crippen molar-refractivity contribution in [3.05, 3.63) is 77.6 Å². The summed E-state index contributed by atoms with van der Waals surface area (Å²) in [6.45, 7) is 5.59. The minimum atomic E-state index is 0.186. The lowest BCUT2D eigenvalue weighted by Gasteiger charge is -2.31. The van der Waals surface area contributed by atoms with Gasteiger partial charge in [0.1, 0.15) is 5.75 Å². The van der Waals surface area contributed by atoms with Crippen LogP contribution in [0.15, 0.2) is 60.8 Å². The highest BCUT2D eigenvalue weighted by molar-refractivity contribution is 5.43. The van der Waals surface area contributed by atoms with E-state index in [2.05, 4.69) is 64.2 Å². The fourth-order valence-electron chi connectivity index (χ4n) is 4.32. The number of benzene rings is 2. The molecule has 0 saturated heterocycles. The standard InChI is InChI=1S/C25H30N2O3/c1-4-30-21-11-9-20(10-12-21)25-22-7-5-14-26(22)15-6-16-27(25)18-19-8-13-23(28-2)24(17-19)29-3/h5,7-14,17,25H,4,6,15-16,18H2,1-3H3/t25-/m1/s1. The molecule has 0 saturated carbocycles. The molecule has 0 fully saturated rings. The van der Waals surface area contributed by atoms with Crippen LogP contribution in [0, 0.1) is 0 Å². The summed E-state index contributed by atoms with van der Waals surface area (Å²) in [5, 5.41) is 0. The van der Waals surface area contributed by atoms with E-state index in [0.29, 0.717) is 6.61 Å². The zero-order valence-corrected chi connectivity index (χ0v) is 18.0. The maximum Gasteiger partial charge on any atom is 0.161 e. The predicted molar refractivity (Wildman–Crippen MR) is 118 cm³/mol. The average molecular weight is 407 g/mol. The SMILES string of the molecule is CCOc1ccc([C@@H]2c3cccn3CCCN2Cc2ccc(OC)c(OC)c2)cc1. The third-order valence-electron chi connectivity index (χ3n) is 5.69. The lowest BCUT2D eigenvalue weighted by atomic mass is 10.0. The molecule has 1 aliphatic heterocycles. The van der Waals surface area contributed by atoms with Gasteiger partial charge in [-0.3, -0.25) is 4.90 Å². The molecule has 1 aromatic heterocycles. The minimum absolute atomic E-state index is 0.186. The molecule has 0 bridgehead atoms. The lowest BCUT2D eigenvalue weighted by Crippen LogP contribution is -2.29. The summed E-state index contributed by atoms with van der Waals surface area (Å²) in [5.41, 5.74) is 3.82. The number of methoxy groups -OCH3 is 2. The largest absolute Gasteiger partial charge is 0.494 e. The van der Waals surface area contributed by atoms with Crippen molar-refractivity contribution in [3.63, 3.8) is 0 Å². The molecule has 0 unspecified atom stereocenters. The fraction of sp³-hybridized carbons (Fsp3) is 0.360. The van der Waals surface area contributed by atoms with Gasteiger partial charge in [-0.25, -0.2) is 0 Å². The number of aryl methyl sites for hydroxylation is 1. The monoisotopic (exact) mass is 406 g/mol. The number of ether oxygens (including phenoxy) is 3. The molecule has 1 atom stereocenters. The van der Waals surface area contributed by atoms with Gasteiger partial charge >= 0.3 is 0 Å². The van der Waals surface area contributed by atoms with Crippen LogP contribution in [0.4, 0.5) is 0 Å². The number of hydrogen-bond acceptors (Lipinski definition) is 4. The summed E-state index contributed by atoms with van der Waals surface area (Å²) < 4.78 is 19.0. The average Bonchev–Trinajstić information content (AvgIpc) is 3.16. The number of rotatable bonds is 7. The molecule has 5 heteroatoms. The van der Waals surface area contributed by atoms with Crippen molar-refractivity contribution in [1.82, 2.24) is 9.47 Å². The van der Waals surface area contributed by atoms with Gasteiger partial charge in [0.2, 0.25) is 0 Å². The Bertz CT molecular complexity index is 965. The molecule has 2 aromatic carbocycles. The molecule has 4 rings (SSSR count). The van der Waals surface area contributed by atoms with Crippen LogP contribution in [0.2, 0.25) is 0 Å². The number of aromatic nitrogens is 1. The fourth-order valence-corrected chi connectivity index (χ4v) is 4.32. The molecule has 0 radical (unpaired) electrons. The zero-order chi connectivity index (χ0) is 20.9. The van der Waals surface area contributed by atoms with Crippen molar-refractivity contribution < 1.29 is 14.2 Å². The summed E-state index contributed by atoms with van der Waals surface area (Å²) >= 11 is 0. The summed E-state index contributed by atoms with van der Waals surface area (Å²) in [6, 6.07) is 19.3. The van der Waals surface area contributed by atoms with E-state index in [1.54, 1.807) is 14.2 Å². The van der Waals surface area contributed by atoms with Gasteiger partial charge in [0, 0.05) is 31.5 Å². The molecule has 0 N–H and O–H groups in total. The van der Waals surface area contributed by atoms with Gasteiger partial charge in [-0.05, 0) is 60.9 Å². The molecule has 5 nitrogen and oxygen atoms in total. The van der Waals surface area contributed by atoms with Crippen LogP contribution in [-0.4, -0.2) is 36.8 Å². The summed E-state index contributed by atoms with van der Waals surface area (Å²) in [5.74, 6) is 2.44. The van der Waals surface area contributed by atoms with Crippen molar-refractivity contribution >= 4 is 0 Å². The van der Waals surface area contributed by atoms with Crippen molar-refractivity contribution in [2.24, 2.45) is 0 Å². The zero-order valence-electron chi connectivity index (χ0n) is 18.0. The van der Waals surface area contributed by atoms with Gasteiger partial charge in [-0.2, -0.15) is 0 Å². The Morgan fingerprint density at radius 3 is 2.47 bits per heavy atom. The van der Waals surface area contributed by atoms with Crippen LogP contribution < -0.4 is 14.2 Å². The Kier molecular flexibility index (Phi) is 6.29. The van der Waals surface area contributed by atoms with Crippen molar-refractivity contribution in [2.45, 2.75) is 32.5 Å². The quantitative estimate of drug-likeness (QED) is 0.559. The molecule has 0 amide bonds. The van der Waals surface area contributed by atoms with Crippen molar-refractivity contribution in [3.8, 4) is 17.2 Å². The maximum absolute atomic E-state index is 5.65. The molecule has 0 aliphatic carbocycles.